The molecule has 1 N–H and O–H groups in total. The second-order valence-corrected chi connectivity index (χ2v) is 4.96. The zero-order chi connectivity index (χ0) is 12.3. The quantitative estimate of drug-likeness (QED) is 0.854. The van der Waals surface area contributed by atoms with Gasteiger partial charge in [-0.15, -0.1) is 0 Å². The average Bonchev–Trinajstić information content (AvgIpc) is 2.23. The number of benzene rings is 1. The Balaban J connectivity index is 2.92. The van der Waals surface area contributed by atoms with Crippen molar-refractivity contribution in [1.82, 2.24) is 0 Å². The number of hydrogen-bond acceptors (Lipinski definition) is 1. The summed E-state index contributed by atoms with van der Waals surface area (Å²) in [6.07, 6.45) is 1.14. The van der Waals surface area contributed by atoms with Gasteiger partial charge in [-0.3, -0.25) is 0 Å². The second-order valence-electron chi connectivity index (χ2n) is 4.56. The lowest BCUT2D eigenvalue weighted by atomic mass is 9.83. The molecule has 0 aliphatic carbocycles. The molecule has 3 heteroatoms. The predicted octanol–water partition coefficient (Wildman–Crippen LogP) is 3.82. The van der Waals surface area contributed by atoms with E-state index in [2.05, 4.69) is 0 Å². The largest absolute Gasteiger partial charge is 0.390 e. The van der Waals surface area contributed by atoms with Gasteiger partial charge in [0.15, 0.2) is 0 Å². The van der Waals surface area contributed by atoms with Gasteiger partial charge in [0.25, 0.3) is 0 Å². The third-order valence-corrected chi connectivity index (χ3v) is 3.55. The molecule has 1 rings (SSSR count). The molecular formula is C13H18ClFO. The standard InChI is InChI=1S/C13H18ClFO/c1-4-9(2)13(3,16)8-10-6-5-7-11(14)12(10)15/h5-7,9,16H,4,8H2,1-3H3. The fourth-order valence-electron chi connectivity index (χ4n) is 1.68. The Labute approximate surface area is 101 Å². The van der Waals surface area contributed by atoms with Crippen LogP contribution < -0.4 is 0 Å². The van der Waals surface area contributed by atoms with Crippen molar-refractivity contribution in [3.63, 3.8) is 0 Å². The van der Waals surface area contributed by atoms with Gasteiger partial charge in [-0.05, 0) is 24.5 Å². The van der Waals surface area contributed by atoms with Gasteiger partial charge < -0.3 is 5.11 Å². The maximum atomic E-state index is 13.7. The fourth-order valence-corrected chi connectivity index (χ4v) is 1.88. The third-order valence-electron chi connectivity index (χ3n) is 3.25. The lowest BCUT2D eigenvalue weighted by Gasteiger charge is -2.30. The monoisotopic (exact) mass is 244 g/mol. The van der Waals surface area contributed by atoms with E-state index >= 15 is 0 Å². The molecule has 2 atom stereocenters. The summed E-state index contributed by atoms with van der Waals surface area (Å²) in [6.45, 7) is 5.71. The Kier molecular flexibility index (Phi) is 4.34. The van der Waals surface area contributed by atoms with Gasteiger partial charge in [-0.2, -0.15) is 0 Å². The molecule has 1 nitrogen and oxygen atoms in total. The maximum Gasteiger partial charge on any atom is 0.145 e. The van der Waals surface area contributed by atoms with Gasteiger partial charge in [0, 0.05) is 6.42 Å². The topological polar surface area (TPSA) is 20.2 Å². The molecule has 0 saturated heterocycles. The van der Waals surface area contributed by atoms with Crippen molar-refractivity contribution in [2.45, 2.75) is 39.2 Å². The van der Waals surface area contributed by atoms with Crippen LogP contribution in [0.15, 0.2) is 18.2 Å². The highest BCUT2D eigenvalue weighted by Gasteiger charge is 2.28. The first kappa shape index (κ1) is 13.5. The third kappa shape index (κ3) is 2.96. The molecule has 1 aromatic carbocycles. The summed E-state index contributed by atoms with van der Waals surface area (Å²) in [7, 11) is 0. The van der Waals surface area contributed by atoms with Gasteiger partial charge in [0.2, 0.25) is 0 Å². The zero-order valence-corrected chi connectivity index (χ0v) is 10.7. The summed E-state index contributed by atoms with van der Waals surface area (Å²) in [5.74, 6) is -0.307. The number of halogens is 2. The van der Waals surface area contributed by atoms with Crippen LogP contribution in [0.4, 0.5) is 4.39 Å². The molecule has 0 spiro atoms. The van der Waals surface area contributed by atoms with Crippen molar-refractivity contribution in [2.75, 3.05) is 0 Å². The molecule has 0 saturated carbocycles. The van der Waals surface area contributed by atoms with Crippen LogP contribution in [0.2, 0.25) is 5.02 Å². The van der Waals surface area contributed by atoms with Gasteiger partial charge in [0.1, 0.15) is 5.82 Å². The van der Waals surface area contributed by atoms with Crippen molar-refractivity contribution < 1.29 is 9.50 Å². The Hall–Kier alpha value is -0.600. The predicted molar refractivity (Wildman–Crippen MR) is 65.2 cm³/mol. The zero-order valence-electron chi connectivity index (χ0n) is 9.93. The smallest absolute Gasteiger partial charge is 0.145 e. The number of rotatable bonds is 4. The van der Waals surface area contributed by atoms with Crippen LogP contribution in [0, 0.1) is 11.7 Å². The van der Waals surface area contributed by atoms with E-state index in [1.54, 1.807) is 19.1 Å². The number of aliphatic hydroxyl groups is 1. The molecule has 0 aliphatic rings. The lowest BCUT2D eigenvalue weighted by Crippen LogP contribution is -2.35. The first-order valence-corrected chi connectivity index (χ1v) is 5.91. The minimum absolute atomic E-state index is 0.109. The Morgan fingerprint density at radius 1 is 1.50 bits per heavy atom. The van der Waals surface area contributed by atoms with E-state index in [1.807, 2.05) is 13.8 Å². The van der Waals surface area contributed by atoms with E-state index < -0.39 is 11.4 Å². The number of hydrogen-bond donors (Lipinski definition) is 1. The van der Waals surface area contributed by atoms with Gasteiger partial charge >= 0.3 is 0 Å². The van der Waals surface area contributed by atoms with E-state index in [0.717, 1.165) is 6.42 Å². The summed E-state index contributed by atoms with van der Waals surface area (Å²) in [5, 5.41) is 10.4. The normalized spacial score (nSPS) is 16.9. The Morgan fingerprint density at radius 2 is 2.12 bits per heavy atom. The summed E-state index contributed by atoms with van der Waals surface area (Å²) in [5.41, 5.74) is -0.432. The minimum Gasteiger partial charge on any atom is -0.390 e. The average molecular weight is 245 g/mol. The van der Waals surface area contributed by atoms with Crippen LogP contribution in [0.3, 0.4) is 0 Å². The van der Waals surface area contributed by atoms with Crippen molar-refractivity contribution in [1.29, 1.82) is 0 Å². The summed E-state index contributed by atoms with van der Waals surface area (Å²) in [4.78, 5) is 0. The SMILES string of the molecule is CCC(C)C(C)(O)Cc1cccc(Cl)c1F. The Morgan fingerprint density at radius 3 is 2.69 bits per heavy atom. The molecule has 0 fully saturated rings. The molecular weight excluding hydrogens is 227 g/mol. The molecule has 2 unspecified atom stereocenters. The summed E-state index contributed by atoms with van der Waals surface area (Å²) >= 11 is 5.70. The fraction of sp³-hybridized carbons (Fsp3) is 0.538. The van der Waals surface area contributed by atoms with Crippen molar-refractivity contribution in [2.24, 2.45) is 5.92 Å². The van der Waals surface area contributed by atoms with Gasteiger partial charge in [0.05, 0.1) is 10.6 Å². The van der Waals surface area contributed by atoms with E-state index in [-0.39, 0.29) is 17.4 Å². The molecule has 0 bridgehead atoms. The molecule has 0 amide bonds. The van der Waals surface area contributed by atoms with Crippen molar-refractivity contribution in [3.05, 3.63) is 34.6 Å². The highest BCUT2D eigenvalue weighted by molar-refractivity contribution is 6.30. The van der Waals surface area contributed by atoms with Crippen molar-refractivity contribution in [3.8, 4) is 0 Å². The van der Waals surface area contributed by atoms with Crippen molar-refractivity contribution >= 4 is 11.6 Å². The first-order valence-electron chi connectivity index (χ1n) is 5.53. The van der Waals surface area contributed by atoms with Gasteiger partial charge in [-0.1, -0.05) is 44.0 Å². The summed E-state index contributed by atoms with van der Waals surface area (Å²) < 4.78 is 13.7. The van der Waals surface area contributed by atoms with E-state index in [0.29, 0.717) is 5.56 Å². The molecule has 0 aromatic heterocycles. The highest BCUT2D eigenvalue weighted by atomic mass is 35.5. The van der Waals surface area contributed by atoms with E-state index in [4.69, 9.17) is 11.6 Å². The first-order chi connectivity index (χ1) is 7.38. The van der Waals surface area contributed by atoms with Gasteiger partial charge in [-0.25, -0.2) is 4.39 Å². The highest BCUT2D eigenvalue weighted by Crippen LogP contribution is 2.27. The van der Waals surface area contributed by atoms with E-state index in [9.17, 15) is 9.50 Å². The molecule has 1 aromatic rings. The molecule has 0 radical (unpaired) electrons. The molecule has 90 valence electrons. The lowest BCUT2D eigenvalue weighted by molar-refractivity contribution is 0.00447. The molecule has 0 aliphatic heterocycles. The van der Waals surface area contributed by atoms with Crippen LogP contribution in [0.25, 0.3) is 0 Å². The molecule has 16 heavy (non-hydrogen) atoms. The Bertz CT molecular complexity index is 363. The minimum atomic E-state index is -0.903. The second kappa shape index (κ2) is 5.15. The van der Waals surface area contributed by atoms with Crippen LogP contribution in [0.5, 0.6) is 0 Å². The molecule has 0 heterocycles. The van der Waals surface area contributed by atoms with Crippen LogP contribution in [0.1, 0.15) is 32.8 Å². The summed E-state index contributed by atoms with van der Waals surface area (Å²) in [6, 6.07) is 4.88. The van der Waals surface area contributed by atoms with Crippen LogP contribution in [-0.2, 0) is 6.42 Å². The van der Waals surface area contributed by atoms with E-state index in [1.165, 1.54) is 6.07 Å². The van der Waals surface area contributed by atoms with Crippen LogP contribution in [-0.4, -0.2) is 10.7 Å². The van der Waals surface area contributed by atoms with Crippen LogP contribution >= 0.6 is 11.6 Å². The maximum absolute atomic E-state index is 13.7.